The van der Waals surface area contributed by atoms with Crippen LogP contribution in [-0.4, -0.2) is 25.0 Å². The van der Waals surface area contributed by atoms with Gasteiger partial charge in [-0.15, -0.1) is 0 Å². The molecule has 1 amide bonds. The number of nitrogens with one attached hydrogen (secondary N) is 2. The van der Waals surface area contributed by atoms with Crippen LogP contribution in [0.3, 0.4) is 0 Å². The largest absolute Gasteiger partial charge is 0.344 e. The number of nitrogens with zero attached hydrogens (tertiary/aromatic N) is 1. The highest BCUT2D eigenvalue weighted by Crippen LogP contribution is 2.21. The van der Waals surface area contributed by atoms with Crippen molar-refractivity contribution in [2.24, 2.45) is 10.4 Å². The van der Waals surface area contributed by atoms with Crippen molar-refractivity contribution < 1.29 is 4.79 Å². The first kappa shape index (κ1) is 10.0. The molecule has 0 aromatic rings. The van der Waals surface area contributed by atoms with Gasteiger partial charge in [0.05, 0.1) is 0 Å². The van der Waals surface area contributed by atoms with Crippen LogP contribution in [0.25, 0.3) is 0 Å². The molecule has 13 heavy (non-hydrogen) atoms. The number of rotatable bonds is 1. The zero-order chi connectivity index (χ0) is 10.1. The van der Waals surface area contributed by atoms with Gasteiger partial charge in [-0.2, -0.15) is 0 Å². The highest BCUT2D eigenvalue weighted by atomic mass is 16.2. The van der Waals surface area contributed by atoms with Crippen molar-refractivity contribution in [2.75, 3.05) is 7.05 Å². The molecule has 4 nitrogen and oxygen atoms in total. The third kappa shape index (κ3) is 2.72. The molecule has 1 aliphatic heterocycles. The maximum Gasteiger partial charge on any atom is 0.249 e. The van der Waals surface area contributed by atoms with Crippen molar-refractivity contribution in [1.82, 2.24) is 10.6 Å². The van der Waals surface area contributed by atoms with Gasteiger partial charge in [0.2, 0.25) is 5.91 Å². The molecular weight excluding hydrogens is 166 g/mol. The molecule has 74 valence electrons. The molecular formula is C9H17N3O. The van der Waals surface area contributed by atoms with Crippen molar-refractivity contribution in [1.29, 1.82) is 0 Å². The molecule has 0 aromatic heterocycles. The van der Waals surface area contributed by atoms with Crippen molar-refractivity contribution in [2.45, 2.75) is 33.2 Å². The Bertz CT molecular complexity index is 240. The minimum atomic E-state index is -0.126. The van der Waals surface area contributed by atoms with Gasteiger partial charge in [0.1, 0.15) is 6.04 Å². The van der Waals surface area contributed by atoms with Crippen LogP contribution in [0.4, 0.5) is 0 Å². The predicted molar refractivity (Wildman–Crippen MR) is 52.5 cm³/mol. The Balaban J connectivity index is 2.59. The normalized spacial score (nSPS) is 26.0. The monoisotopic (exact) mass is 183 g/mol. The third-order valence-electron chi connectivity index (χ3n) is 1.91. The van der Waals surface area contributed by atoms with Gasteiger partial charge in [0, 0.05) is 7.05 Å². The average molecular weight is 183 g/mol. The van der Waals surface area contributed by atoms with E-state index in [9.17, 15) is 4.79 Å². The molecule has 1 unspecified atom stereocenters. The van der Waals surface area contributed by atoms with Crippen molar-refractivity contribution in [3.05, 3.63) is 0 Å². The molecule has 1 heterocycles. The summed E-state index contributed by atoms with van der Waals surface area (Å²) in [6.07, 6.45) is 0.817. The number of guanidine groups is 1. The van der Waals surface area contributed by atoms with Crippen LogP contribution in [0.15, 0.2) is 4.99 Å². The van der Waals surface area contributed by atoms with E-state index >= 15 is 0 Å². The lowest BCUT2D eigenvalue weighted by Gasteiger charge is -2.20. The van der Waals surface area contributed by atoms with Gasteiger partial charge in [-0.25, -0.2) is 0 Å². The maximum atomic E-state index is 11.4. The van der Waals surface area contributed by atoms with Crippen LogP contribution < -0.4 is 10.6 Å². The van der Waals surface area contributed by atoms with Crippen molar-refractivity contribution >= 4 is 11.9 Å². The standard InChI is InChI=1S/C9H17N3O/c1-9(2,3)5-6-7(13)12-8(10-4)11-6/h6H,5H2,1-4H3,(H2,10,11,12,13). The Hall–Kier alpha value is -1.06. The van der Waals surface area contributed by atoms with Crippen LogP contribution in [0, 0.1) is 5.41 Å². The Morgan fingerprint density at radius 3 is 2.46 bits per heavy atom. The second kappa shape index (κ2) is 3.36. The molecule has 1 atom stereocenters. The number of carbonyl (C=O) groups excluding carboxylic acids is 1. The Morgan fingerprint density at radius 2 is 2.08 bits per heavy atom. The fourth-order valence-corrected chi connectivity index (χ4v) is 1.35. The van der Waals surface area contributed by atoms with Crippen LogP contribution in [-0.2, 0) is 4.79 Å². The van der Waals surface area contributed by atoms with Gasteiger partial charge in [-0.05, 0) is 11.8 Å². The average Bonchev–Trinajstić information content (AvgIpc) is 2.29. The predicted octanol–water partition coefficient (Wildman–Crippen LogP) is 0.496. The SMILES string of the molecule is CN=C1NC(=O)C(CC(C)(C)C)N1. The summed E-state index contributed by atoms with van der Waals surface area (Å²) in [7, 11) is 1.65. The Labute approximate surface area is 78.8 Å². The molecule has 0 bridgehead atoms. The molecule has 2 N–H and O–H groups in total. The first-order chi connectivity index (χ1) is 5.92. The van der Waals surface area contributed by atoms with Crippen LogP contribution in [0.5, 0.6) is 0 Å². The molecule has 0 saturated carbocycles. The summed E-state index contributed by atoms with van der Waals surface area (Å²) >= 11 is 0. The summed E-state index contributed by atoms with van der Waals surface area (Å²) in [6, 6.07) is -0.126. The second-order valence-electron chi connectivity index (χ2n) is 4.52. The molecule has 1 fully saturated rings. The van der Waals surface area contributed by atoms with Gasteiger partial charge in [0.25, 0.3) is 0 Å². The topological polar surface area (TPSA) is 53.5 Å². The fraction of sp³-hybridized carbons (Fsp3) is 0.778. The minimum Gasteiger partial charge on any atom is -0.344 e. The molecule has 4 heteroatoms. The lowest BCUT2D eigenvalue weighted by Crippen LogP contribution is -2.33. The molecule has 0 aliphatic carbocycles. The Kier molecular flexibility index (Phi) is 2.59. The number of hydrogen-bond donors (Lipinski definition) is 2. The molecule has 1 rings (SSSR count). The summed E-state index contributed by atoms with van der Waals surface area (Å²) < 4.78 is 0. The highest BCUT2D eigenvalue weighted by Gasteiger charge is 2.31. The quantitative estimate of drug-likeness (QED) is 0.622. The zero-order valence-corrected chi connectivity index (χ0v) is 8.64. The summed E-state index contributed by atoms with van der Waals surface area (Å²) in [5, 5.41) is 5.71. The first-order valence-corrected chi connectivity index (χ1v) is 4.46. The van der Waals surface area contributed by atoms with E-state index in [1.54, 1.807) is 7.05 Å². The van der Waals surface area contributed by atoms with E-state index in [0.29, 0.717) is 5.96 Å². The second-order valence-corrected chi connectivity index (χ2v) is 4.52. The number of aliphatic imine (C=N–C) groups is 1. The number of carbonyl (C=O) groups is 1. The molecule has 1 saturated heterocycles. The summed E-state index contributed by atoms with van der Waals surface area (Å²) in [6.45, 7) is 6.34. The van der Waals surface area contributed by atoms with Crippen molar-refractivity contribution in [3.8, 4) is 0 Å². The van der Waals surface area contributed by atoms with Gasteiger partial charge in [-0.3, -0.25) is 15.1 Å². The Morgan fingerprint density at radius 1 is 1.46 bits per heavy atom. The van der Waals surface area contributed by atoms with E-state index in [-0.39, 0.29) is 17.4 Å². The van der Waals surface area contributed by atoms with Gasteiger partial charge < -0.3 is 5.32 Å². The molecule has 0 aromatic carbocycles. The number of hydrogen-bond acceptors (Lipinski definition) is 2. The fourth-order valence-electron chi connectivity index (χ4n) is 1.35. The van der Waals surface area contributed by atoms with Crippen LogP contribution >= 0.6 is 0 Å². The smallest absolute Gasteiger partial charge is 0.249 e. The summed E-state index contributed by atoms with van der Waals surface area (Å²) in [5.74, 6) is 0.606. The molecule has 1 aliphatic rings. The van der Waals surface area contributed by atoms with Gasteiger partial charge in [-0.1, -0.05) is 20.8 Å². The van der Waals surface area contributed by atoms with Crippen LogP contribution in [0.1, 0.15) is 27.2 Å². The third-order valence-corrected chi connectivity index (χ3v) is 1.91. The molecule has 0 spiro atoms. The molecule has 0 radical (unpaired) electrons. The van der Waals surface area contributed by atoms with E-state index in [1.807, 2.05) is 0 Å². The lowest BCUT2D eigenvalue weighted by atomic mass is 9.88. The zero-order valence-electron chi connectivity index (χ0n) is 8.64. The van der Waals surface area contributed by atoms with Gasteiger partial charge in [0.15, 0.2) is 5.96 Å². The van der Waals surface area contributed by atoms with E-state index in [1.165, 1.54) is 0 Å². The summed E-state index contributed by atoms with van der Waals surface area (Å²) in [5.41, 5.74) is 0.151. The maximum absolute atomic E-state index is 11.4. The van der Waals surface area contributed by atoms with E-state index < -0.39 is 0 Å². The van der Waals surface area contributed by atoms with Crippen molar-refractivity contribution in [3.63, 3.8) is 0 Å². The summed E-state index contributed by atoms with van der Waals surface area (Å²) in [4.78, 5) is 15.3. The van der Waals surface area contributed by atoms with E-state index in [0.717, 1.165) is 6.42 Å². The van der Waals surface area contributed by atoms with Crippen LogP contribution in [0.2, 0.25) is 0 Å². The van der Waals surface area contributed by atoms with E-state index in [2.05, 4.69) is 36.4 Å². The lowest BCUT2D eigenvalue weighted by molar-refractivity contribution is -0.120. The van der Waals surface area contributed by atoms with Gasteiger partial charge >= 0.3 is 0 Å². The minimum absolute atomic E-state index is 0.0236. The highest BCUT2D eigenvalue weighted by molar-refractivity contribution is 6.06. The first-order valence-electron chi connectivity index (χ1n) is 4.46. The number of amides is 1. The van der Waals surface area contributed by atoms with E-state index in [4.69, 9.17) is 0 Å².